The highest BCUT2D eigenvalue weighted by atomic mass is 19.4. The maximum absolute atomic E-state index is 14.2. The smallest absolute Gasteiger partial charge is 0.441 e. The molecule has 1 unspecified atom stereocenters. The van der Waals surface area contributed by atoms with E-state index in [2.05, 4.69) is 4.74 Å². The van der Waals surface area contributed by atoms with Gasteiger partial charge in [0.1, 0.15) is 5.75 Å². The minimum Gasteiger partial charge on any atom is -0.496 e. The molecular formula is C21H21F3N2O5. The number of Topliss-reactive ketones (excluding diaryl/α,β-unsaturated/α-hetero) is 1. The Morgan fingerprint density at radius 3 is 2.13 bits per heavy atom. The zero-order valence-corrected chi connectivity index (χ0v) is 17.0. The van der Waals surface area contributed by atoms with E-state index in [1.54, 1.807) is 5.32 Å². The molecule has 0 bridgehead atoms. The first-order valence-corrected chi connectivity index (χ1v) is 9.14. The lowest BCUT2D eigenvalue weighted by molar-refractivity contribution is -0.204. The summed E-state index contributed by atoms with van der Waals surface area (Å²) in [5, 5.41) is 3.77. The van der Waals surface area contributed by atoms with Gasteiger partial charge in [-0.15, -0.1) is 0 Å². The van der Waals surface area contributed by atoms with Crippen LogP contribution >= 0.6 is 0 Å². The predicted octanol–water partition coefficient (Wildman–Crippen LogP) is 3.56. The summed E-state index contributed by atoms with van der Waals surface area (Å²) in [7, 11) is 1.25. The molecular weight excluding hydrogens is 417 g/mol. The van der Waals surface area contributed by atoms with Crippen molar-refractivity contribution >= 4 is 23.3 Å². The summed E-state index contributed by atoms with van der Waals surface area (Å²) in [5.74, 6) is -3.23. The Labute approximate surface area is 176 Å². The number of carbonyl (C=O) groups is 3. The molecule has 2 rings (SSSR count). The van der Waals surface area contributed by atoms with Gasteiger partial charge in [0.05, 0.1) is 19.3 Å². The number of nitrogens with one attached hydrogen (secondary N) is 2. The molecule has 2 aromatic carbocycles. The van der Waals surface area contributed by atoms with Gasteiger partial charge in [-0.2, -0.15) is 13.2 Å². The fraction of sp³-hybridized carbons (Fsp3) is 0.286. The molecule has 10 heteroatoms. The van der Waals surface area contributed by atoms with Crippen LogP contribution in [0.2, 0.25) is 0 Å². The molecule has 166 valence electrons. The average molecular weight is 438 g/mol. The molecule has 1 atom stereocenters. The van der Waals surface area contributed by atoms with Crippen molar-refractivity contribution in [1.29, 1.82) is 0 Å². The molecule has 0 heterocycles. The molecule has 0 aliphatic heterocycles. The molecule has 0 fully saturated rings. The molecule has 1 amide bonds. The maximum Gasteiger partial charge on any atom is 0.441 e. The predicted molar refractivity (Wildman–Crippen MR) is 106 cm³/mol. The Bertz CT molecular complexity index is 960. The first kappa shape index (κ1) is 23.7. The van der Waals surface area contributed by atoms with Crippen LogP contribution in [-0.2, 0) is 9.53 Å². The SMILES string of the molecule is CCOC(=O)C(NC(=O)c1ccccc1OC)(Nc1ccc(C(C)=O)cc1)C(F)(F)F. The van der Waals surface area contributed by atoms with Crippen LogP contribution in [0, 0.1) is 0 Å². The van der Waals surface area contributed by atoms with Crippen molar-refractivity contribution in [3.05, 3.63) is 59.7 Å². The minimum atomic E-state index is -5.30. The molecule has 0 saturated heterocycles. The van der Waals surface area contributed by atoms with Crippen molar-refractivity contribution in [2.24, 2.45) is 0 Å². The third-order valence-corrected chi connectivity index (χ3v) is 4.28. The molecule has 0 aromatic heterocycles. The Morgan fingerprint density at radius 1 is 1.00 bits per heavy atom. The van der Waals surface area contributed by atoms with Crippen LogP contribution in [0.5, 0.6) is 5.75 Å². The van der Waals surface area contributed by atoms with Gasteiger partial charge in [0.15, 0.2) is 5.78 Å². The van der Waals surface area contributed by atoms with Gasteiger partial charge in [0.25, 0.3) is 5.91 Å². The normalized spacial score (nSPS) is 13.0. The number of carbonyl (C=O) groups excluding carboxylic acids is 3. The van der Waals surface area contributed by atoms with Crippen LogP contribution in [0.15, 0.2) is 48.5 Å². The van der Waals surface area contributed by atoms with Crippen LogP contribution in [0.3, 0.4) is 0 Å². The molecule has 2 aromatic rings. The minimum absolute atomic E-state index is 0.0192. The Kier molecular flexibility index (Phi) is 7.27. The third kappa shape index (κ3) is 5.14. The molecule has 0 radical (unpaired) electrons. The van der Waals surface area contributed by atoms with Crippen LogP contribution in [0.4, 0.5) is 18.9 Å². The molecule has 31 heavy (non-hydrogen) atoms. The van der Waals surface area contributed by atoms with E-state index in [0.717, 1.165) is 0 Å². The van der Waals surface area contributed by atoms with Crippen molar-refractivity contribution in [3.63, 3.8) is 0 Å². The first-order chi connectivity index (χ1) is 14.6. The van der Waals surface area contributed by atoms with Crippen molar-refractivity contribution in [3.8, 4) is 5.75 Å². The number of para-hydroxylation sites is 1. The van der Waals surface area contributed by atoms with E-state index in [1.807, 2.05) is 5.32 Å². The summed E-state index contributed by atoms with van der Waals surface area (Å²) >= 11 is 0. The number of anilines is 1. The summed E-state index contributed by atoms with van der Waals surface area (Å²) in [4.78, 5) is 36.7. The lowest BCUT2D eigenvalue weighted by atomic mass is 10.1. The number of halogens is 3. The lowest BCUT2D eigenvalue weighted by Crippen LogP contribution is -2.69. The van der Waals surface area contributed by atoms with Gasteiger partial charge in [-0.05, 0) is 50.2 Å². The number of hydrogen-bond acceptors (Lipinski definition) is 6. The summed E-state index contributed by atoms with van der Waals surface area (Å²) in [6.07, 6.45) is -5.30. The van der Waals surface area contributed by atoms with Gasteiger partial charge in [0, 0.05) is 11.3 Å². The van der Waals surface area contributed by atoms with E-state index in [0.29, 0.717) is 0 Å². The number of esters is 1. The molecule has 0 aliphatic carbocycles. The third-order valence-electron chi connectivity index (χ3n) is 4.28. The quantitative estimate of drug-likeness (QED) is 0.372. The Balaban J connectivity index is 2.53. The van der Waals surface area contributed by atoms with E-state index < -0.39 is 23.7 Å². The molecule has 2 N–H and O–H groups in total. The molecule has 0 saturated carbocycles. The van der Waals surface area contributed by atoms with E-state index in [1.165, 1.54) is 69.5 Å². The Morgan fingerprint density at radius 2 is 1.61 bits per heavy atom. The maximum atomic E-state index is 14.2. The van der Waals surface area contributed by atoms with Gasteiger partial charge in [-0.25, -0.2) is 4.79 Å². The second kappa shape index (κ2) is 9.50. The number of alkyl halides is 3. The monoisotopic (exact) mass is 438 g/mol. The van der Waals surface area contributed by atoms with Crippen LogP contribution < -0.4 is 15.4 Å². The highest BCUT2D eigenvalue weighted by molar-refractivity contribution is 6.01. The first-order valence-electron chi connectivity index (χ1n) is 9.14. The van der Waals surface area contributed by atoms with Gasteiger partial charge >= 0.3 is 17.8 Å². The highest BCUT2D eigenvalue weighted by Gasteiger charge is 2.63. The number of benzene rings is 2. The largest absolute Gasteiger partial charge is 0.496 e. The van der Waals surface area contributed by atoms with Crippen molar-refractivity contribution in [2.75, 3.05) is 19.0 Å². The zero-order valence-electron chi connectivity index (χ0n) is 17.0. The summed E-state index contributed by atoms with van der Waals surface area (Å²) < 4.78 is 52.4. The lowest BCUT2D eigenvalue weighted by Gasteiger charge is -2.35. The van der Waals surface area contributed by atoms with Crippen LogP contribution in [0.1, 0.15) is 34.6 Å². The van der Waals surface area contributed by atoms with Gasteiger partial charge in [0.2, 0.25) is 0 Å². The van der Waals surface area contributed by atoms with E-state index in [-0.39, 0.29) is 35.0 Å². The van der Waals surface area contributed by atoms with Gasteiger partial charge in [-0.3, -0.25) is 9.59 Å². The fourth-order valence-electron chi connectivity index (χ4n) is 2.70. The molecule has 7 nitrogen and oxygen atoms in total. The highest BCUT2D eigenvalue weighted by Crippen LogP contribution is 2.34. The second-order valence-electron chi connectivity index (χ2n) is 6.38. The average Bonchev–Trinajstić information content (AvgIpc) is 2.72. The molecule has 0 aliphatic rings. The number of ketones is 1. The fourth-order valence-corrected chi connectivity index (χ4v) is 2.70. The Hall–Kier alpha value is -3.56. The topological polar surface area (TPSA) is 93.7 Å². The number of methoxy groups -OCH3 is 1. The van der Waals surface area contributed by atoms with E-state index in [9.17, 15) is 27.6 Å². The zero-order chi connectivity index (χ0) is 23.2. The second-order valence-corrected chi connectivity index (χ2v) is 6.38. The number of ether oxygens (including phenoxy) is 2. The van der Waals surface area contributed by atoms with Gasteiger partial charge in [-0.1, -0.05) is 12.1 Å². The number of amides is 1. The van der Waals surface area contributed by atoms with E-state index in [4.69, 9.17) is 4.74 Å². The van der Waals surface area contributed by atoms with Crippen molar-refractivity contribution < 1.29 is 37.0 Å². The molecule has 0 spiro atoms. The summed E-state index contributed by atoms with van der Waals surface area (Å²) in [5.41, 5.74) is -3.72. The number of rotatable bonds is 8. The summed E-state index contributed by atoms with van der Waals surface area (Å²) in [6, 6.07) is 10.6. The van der Waals surface area contributed by atoms with E-state index >= 15 is 0 Å². The number of hydrogen-bond donors (Lipinski definition) is 2. The summed E-state index contributed by atoms with van der Waals surface area (Å²) in [6.45, 7) is 2.28. The van der Waals surface area contributed by atoms with Crippen molar-refractivity contribution in [1.82, 2.24) is 5.32 Å². The van der Waals surface area contributed by atoms with Gasteiger partial charge < -0.3 is 20.1 Å². The van der Waals surface area contributed by atoms with Crippen LogP contribution in [0.25, 0.3) is 0 Å². The van der Waals surface area contributed by atoms with Crippen molar-refractivity contribution in [2.45, 2.75) is 25.7 Å². The van der Waals surface area contributed by atoms with Crippen LogP contribution in [-0.4, -0.2) is 43.2 Å². The standard InChI is InChI=1S/C21H21F3N2O5/c1-4-31-19(29)20(21(22,23)24,25-15-11-9-14(10-12-15)13(2)27)26-18(28)16-7-5-6-8-17(16)30-3/h5-12,25H,4H2,1-3H3,(H,26,28).